The second-order valence-electron chi connectivity index (χ2n) is 7.21. The molecule has 2 atom stereocenters. The summed E-state index contributed by atoms with van der Waals surface area (Å²) in [4.78, 5) is 0. The van der Waals surface area contributed by atoms with Gasteiger partial charge in [0.2, 0.25) is 0 Å². The van der Waals surface area contributed by atoms with Gasteiger partial charge in [0, 0.05) is 20.7 Å². The van der Waals surface area contributed by atoms with Crippen molar-refractivity contribution < 1.29 is 19.7 Å². The first-order valence-electron chi connectivity index (χ1n) is 9.11. The molecule has 0 saturated heterocycles. The van der Waals surface area contributed by atoms with Crippen molar-refractivity contribution in [2.24, 2.45) is 0 Å². The summed E-state index contributed by atoms with van der Waals surface area (Å²) in [6.45, 7) is 5.13. The smallest absolute Gasteiger partial charge is 0.119 e. The molecule has 0 heterocycles. The van der Waals surface area contributed by atoms with E-state index in [-0.39, 0.29) is 5.41 Å². The van der Waals surface area contributed by atoms with E-state index in [0.29, 0.717) is 22.1 Å². The van der Waals surface area contributed by atoms with E-state index in [0.717, 1.165) is 24.4 Å². The van der Waals surface area contributed by atoms with Crippen molar-refractivity contribution in [2.45, 2.75) is 44.3 Å². The third kappa shape index (κ3) is 6.90. The lowest BCUT2D eigenvalue weighted by Gasteiger charge is -2.31. The standard InChI is InChI=1S/C21H28I2O4/c1-21(2,15-3-7-19(8-4-15)26-13-17(24)11-22)16-5-9-20(10-6-16)27-14-18(25)12-23/h3-5,7-9,17-18,24-25H,6,10-14H2,1-2H3. The fourth-order valence-corrected chi connectivity index (χ4v) is 3.41. The monoisotopic (exact) mass is 598 g/mol. The van der Waals surface area contributed by atoms with Gasteiger partial charge in [0.15, 0.2) is 0 Å². The molecule has 0 radical (unpaired) electrons. The minimum atomic E-state index is -0.435. The van der Waals surface area contributed by atoms with Gasteiger partial charge < -0.3 is 19.7 Å². The van der Waals surface area contributed by atoms with Crippen molar-refractivity contribution in [2.75, 3.05) is 22.1 Å². The number of aliphatic hydroxyl groups excluding tert-OH is 2. The zero-order valence-corrected chi connectivity index (χ0v) is 20.1. The maximum atomic E-state index is 9.62. The molecule has 2 N–H and O–H groups in total. The first-order chi connectivity index (χ1) is 12.9. The van der Waals surface area contributed by atoms with Crippen LogP contribution in [0.15, 0.2) is 47.7 Å². The molecule has 150 valence electrons. The van der Waals surface area contributed by atoms with E-state index >= 15 is 0 Å². The lowest BCUT2D eigenvalue weighted by Crippen LogP contribution is -2.22. The van der Waals surface area contributed by atoms with Gasteiger partial charge in [0.1, 0.15) is 19.0 Å². The molecule has 0 amide bonds. The van der Waals surface area contributed by atoms with E-state index < -0.39 is 12.2 Å². The van der Waals surface area contributed by atoms with Crippen LogP contribution in [0.1, 0.15) is 32.3 Å². The van der Waals surface area contributed by atoms with Crippen LogP contribution in [-0.2, 0) is 10.2 Å². The highest BCUT2D eigenvalue weighted by Crippen LogP contribution is 2.37. The first-order valence-corrected chi connectivity index (χ1v) is 12.2. The van der Waals surface area contributed by atoms with Crippen LogP contribution >= 0.6 is 45.2 Å². The van der Waals surface area contributed by atoms with Crippen molar-refractivity contribution >= 4 is 45.2 Å². The highest BCUT2D eigenvalue weighted by Gasteiger charge is 2.27. The Kier molecular flexibility index (Phi) is 9.37. The minimum absolute atomic E-state index is 0.0794. The lowest BCUT2D eigenvalue weighted by molar-refractivity contribution is 0.0844. The summed E-state index contributed by atoms with van der Waals surface area (Å²) >= 11 is 4.30. The number of hydrogen-bond acceptors (Lipinski definition) is 4. The fraction of sp³-hybridized carbons (Fsp3) is 0.524. The molecule has 2 rings (SSSR count). The Morgan fingerprint density at radius 2 is 1.52 bits per heavy atom. The third-order valence-electron chi connectivity index (χ3n) is 4.75. The summed E-state index contributed by atoms with van der Waals surface area (Å²) in [5.74, 6) is 1.72. The second-order valence-corrected chi connectivity index (χ2v) is 8.97. The number of benzene rings is 1. The van der Waals surface area contributed by atoms with Crippen molar-refractivity contribution in [3.8, 4) is 5.75 Å². The number of alkyl halides is 2. The normalized spacial score (nSPS) is 17.0. The van der Waals surface area contributed by atoms with Gasteiger partial charge in [-0.2, -0.15) is 0 Å². The van der Waals surface area contributed by atoms with Crippen LogP contribution in [-0.4, -0.2) is 44.5 Å². The van der Waals surface area contributed by atoms with E-state index in [9.17, 15) is 10.2 Å². The van der Waals surface area contributed by atoms with Crippen LogP contribution in [0.3, 0.4) is 0 Å². The van der Waals surface area contributed by atoms with E-state index in [1.165, 1.54) is 11.1 Å². The summed E-state index contributed by atoms with van der Waals surface area (Å²) in [5, 5.41) is 19.2. The Morgan fingerprint density at radius 1 is 0.926 bits per heavy atom. The fourth-order valence-electron chi connectivity index (χ4n) is 2.90. The van der Waals surface area contributed by atoms with Gasteiger partial charge >= 0.3 is 0 Å². The summed E-state index contributed by atoms with van der Waals surface area (Å²) in [6, 6.07) is 8.13. The predicted molar refractivity (Wildman–Crippen MR) is 126 cm³/mol. The van der Waals surface area contributed by atoms with Crippen LogP contribution in [0, 0.1) is 0 Å². The van der Waals surface area contributed by atoms with Gasteiger partial charge in [0.05, 0.1) is 18.0 Å². The first kappa shape index (κ1) is 23.0. The topological polar surface area (TPSA) is 58.9 Å². The molecule has 1 aliphatic rings. The van der Waals surface area contributed by atoms with E-state index in [2.05, 4.69) is 77.2 Å². The molecule has 0 saturated carbocycles. The van der Waals surface area contributed by atoms with Crippen LogP contribution in [0.4, 0.5) is 0 Å². The lowest BCUT2D eigenvalue weighted by atomic mass is 9.74. The third-order valence-corrected chi connectivity index (χ3v) is 6.78. The van der Waals surface area contributed by atoms with Crippen molar-refractivity contribution in [3.63, 3.8) is 0 Å². The van der Waals surface area contributed by atoms with Gasteiger partial charge in [-0.15, -0.1) is 0 Å². The van der Waals surface area contributed by atoms with Crippen LogP contribution < -0.4 is 4.74 Å². The van der Waals surface area contributed by atoms with Crippen molar-refractivity contribution in [1.29, 1.82) is 0 Å². The molecule has 4 nitrogen and oxygen atoms in total. The average molecular weight is 598 g/mol. The Morgan fingerprint density at radius 3 is 2.04 bits per heavy atom. The van der Waals surface area contributed by atoms with Crippen LogP contribution in [0.5, 0.6) is 5.75 Å². The zero-order chi connectivity index (χ0) is 19.9. The summed E-state index contributed by atoms with van der Waals surface area (Å²) in [6.07, 6.45) is 5.14. The molecule has 2 unspecified atom stereocenters. The van der Waals surface area contributed by atoms with Crippen molar-refractivity contribution in [1.82, 2.24) is 0 Å². The summed E-state index contributed by atoms with van der Waals surface area (Å²) in [7, 11) is 0. The Hall–Kier alpha value is -0.320. The van der Waals surface area contributed by atoms with Gasteiger partial charge in [-0.1, -0.05) is 82.8 Å². The molecule has 0 fully saturated rings. The number of halogens is 2. The molecule has 0 spiro atoms. The Labute approximate surface area is 189 Å². The van der Waals surface area contributed by atoms with Crippen LogP contribution in [0.25, 0.3) is 0 Å². The maximum absolute atomic E-state index is 9.62. The summed E-state index contributed by atoms with van der Waals surface area (Å²) in [5.41, 5.74) is 2.51. The second kappa shape index (κ2) is 11.0. The Balaban J connectivity index is 2.00. The van der Waals surface area contributed by atoms with Gasteiger partial charge in [-0.05, 0) is 30.2 Å². The molecule has 0 aliphatic heterocycles. The molecule has 1 aromatic rings. The predicted octanol–water partition coefficient (Wildman–Crippen LogP) is 4.56. The molecule has 0 bridgehead atoms. The molecule has 0 aromatic heterocycles. The maximum Gasteiger partial charge on any atom is 0.119 e. The molecular formula is C21H28I2O4. The summed E-state index contributed by atoms with van der Waals surface area (Å²) < 4.78 is 12.7. The number of aliphatic hydroxyl groups is 2. The average Bonchev–Trinajstić information content (AvgIpc) is 2.70. The molecule has 27 heavy (non-hydrogen) atoms. The number of allylic oxidation sites excluding steroid dienone is 4. The van der Waals surface area contributed by atoms with Gasteiger partial charge in [-0.25, -0.2) is 0 Å². The largest absolute Gasteiger partial charge is 0.495 e. The quantitative estimate of drug-likeness (QED) is 0.307. The SMILES string of the molecule is CC(C)(C1=CC=C(OCC(O)CI)CC1)c1ccc(OCC(O)CI)cc1. The number of ether oxygens (including phenoxy) is 2. The van der Waals surface area contributed by atoms with Crippen LogP contribution in [0.2, 0.25) is 0 Å². The molecule has 1 aliphatic carbocycles. The van der Waals surface area contributed by atoms with E-state index in [4.69, 9.17) is 9.47 Å². The van der Waals surface area contributed by atoms with E-state index in [1.54, 1.807) is 0 Å². The molecular weight excluding hydrogens is 570 g/mol. The molecule has 1 aromatic carbocycles. The van der Waals surface area contributed by atoms with E-state index in [1.807, 2.05) is 18.2 Å². The molecule has 6 heteroatoms. The van der Waals surface area contributed by atoms with Gasteiger partial charge in [-0.3, -0.25) is 0 Å². The highest BCUT2D eigenvalue weighted by atomic mass is 127. The van der Waals surface area contributed by atoms with Gasteiger partial charge in [0.25, 0.3) is 0 Å². The highest BCUT2D eigenvalue weighted by molar-refractivity contribution is 14.1. The number of hydrogen-bond donors (Lipinski definition) is 2. The minimum Gasteiger partial charge on any atom is -0.495 e. The van der Waals surface area contributed by atoms with Crippen molar-refractivity contribution in [3.05, 3.63) is 53.3 Å². The zero-order valence-electron chi connectivity index (χ0n) is 15.8. The number of rotatable bonds is 10. The Bertz CT molecular complexity index is 653.